The Morgan fingerprint density at radius 3 is 2.31 bits per heavy atom. The van der Waals surface area contributed by atoms with Crippen LogP contribution in [0.1, 0.15) is 113 Å². The van der Waals surface area contributed by atoms with E-state index in [1.807, 2.05) is 27.7 Å². The van der Waals surface area contributed by atoms with E-state index in [-0.39, 0.29) is 34.6 Å². The number of hydrogen-bond acceptors (Lipinski definition) is 3. The first-order chi connectivity index (χ1) is 15.2. The lowest BCUT2D eigenvalue weighted by molar-refractivity contribution is -0.169. The van der Waals surface area contributed by atoms with Gasteiger partial charge in [-0.1, -0.05) is 68.2 Å². The molecule has 32 heavy (non-hydrogen) atoms. The zero-order chi connectivity index (χ0) is 24.3. The highest BCUT2D eigenvalue weighted by Gasteiger charge is 2.65. The average molecular weight is 449 g/mol. The number of fused-ring (bicyclic) bond motifs is 5. The van der Waals surface area contributed by atoms with Crippen LogP contribution in [0.3, 0.4) is 0 Å². The van der Waals surface area contributed by atoms with Crippen LogP contribution in [0, 0.1) is 52.3 Å². The van der Waals surface area contributed by atoms with Gasteiger partial charge in [0.05, 0.1) is 7.11 Å². The maximum absolute atomic E-state index is 13.9. The van der Waals surface area contributed by atoms with Gasteiger partial charge in [-0.2, -0.15) is 0 Å². The van der Waals surface area contributed by atoms with Gasteiger partial charge >= 0.3 is 5.97 Å². The molecule has 0 aliphatic heterocycles. The molecule has 186 valence electrons. The molecule has 3 nitrogen and oxygen atoms in total. The van der Waals surface area contributed by atoms with Crippen molar-refractivity contribution in [3.63, 3.8) is 0 Å². The highest BCUT2D eigenvalue weighted by atomic mass is 16.5. The molecule has 0 radical (unpaired) electrons. The normalized spacial score (nSPS) is 43.2. The van der Waals surface area contributed by atoms with Crippen molar-refractivity contribution in [1.82, 2.24) is 0 Å². The number of Topliss-reactive ketones (excluding diaryl/α,β-unsaturated/α-hetero) is 1. The molecule has 0 N–H and O–H groups in total. The van der Waals surface area contributed by atoms with Crippen LogP contribution in [0.25, 0.3) is 0 Å². The second-order valence-electron chi connectivity index (χ2n) is 11.2. The summed E-state index contributed by atoms with van der Waals surface area (Å²) in [6.07, 6.45) is 10.7. The van der Waals surface area contributed by atoms with Crippen molar-refractivity contribution in [3.05, 3.63) is 0 Å². The second-order valence-corrected chi connectivity index (χ2v) is 11.2. The fourth-order valence-electron chi connectivity index (χ4n) is 8.87. The molecule has 0 amide bonds. The van der Waals surface area contributed by atoms with E-state index >= 15 is 0 Å². The van der Waals surface area contributed by atoms with Gasteiger partial charge in [0, 0.05) is 18.3 Å². The molecular formula is C29H52O3. The van der Waals surface area contributed by atoms with Crippen molar-refractivity contribution in [3.8, 4) is 0 Å². The highest BCUT2D eigenvalue weighted by molar-refractivity contribution is 5.86. The zero-order valence-corrected chi connectivity index (χ0v) is 22.6. The Balaban J connectivity index is 0.000000860. The molecule has 0 heterocycles. The molecule has 4 aliphatic carbocycles. The molecule has 4 aliphatic rings. The number of rotatable bonds is 3. The summed E-state index contributed by atoms with van der Waals surface area (Å²) in [5.41, 5.74) is 0.285. The van der Waals surface area contributed by atoms with Crippen LogP contribution in [-0.2, 0) is 14.3 Å². The zero-order valence-electron chi connectivity index (χ0n) is 22.6. The molecule has 0 aromatic heterocycles. The van der Waals surface area contributed by atoms with Gasteiger partial charge in [0.1, 0.15) is 5.78 Å². The topological polar surface area (TPSA) is 43.4 Å². The molecule has 0 spiro atoms. The van der Waals surface area contributed by atoms with Gasteiger partial charge < -0.3 is 4.74 Å². The minimum Gasteiger partial charge on any atom is -0.469 e. The van der Waals surface area contributed by atoms with Crippen LogP contribution in [-0.4, -0.2) is 18.9 Å². The highest BCUT2D eigenvalue weighted by Crippen LogP contribution is 2.68. The van der Waals surface area contributed by atoms with E-state index in [9.17, 15) is 9.59 Å². The molecule has 0 bridgehead atoms. The number of carbonyl (C=O) groups excluding carboxylic acids is 2. The first-order valence-electron chi connectivity index (χ1n) is 13.9. The summed E-state index contributed by atoms with van der Waals surface area (Å²) in [7, 11) is 1.48. The second kappa shape index (κ2) is 11.0. The Hall–Kier alpha value is -0.860. The van der Waals surface area contributed by atoms with Crippen molar-refractivity contribution in [2.24, 2.45) is 52.3 Å². The summed E-state index contributed by atoms with van der Waals surface area (Å²) in [4.78, 5) is 25.9. The fourth-order valence-corrected chi connectivity index (χ4v) is 8.87. The predicted octanol–water partition coefficient (Wildman–Crippen LogP) is 7.71. The maximum atomic E-state index is 13.9. The lowest BCUT2D eigenvalue weighted by Gasteiger charge is -2.61. The predicted molar refractivity (Wildman–Crippen MR) is 133 cm³/mol. The summed E-state index contributed by atoms with van der Waals surface area (Å²) in [5, 5.41) is 0. The number of ether oxygens (including phenoxy) is 1. The lowest BCUT2D eigenvalue weighted by Crippen LogP contribution is -2.60. The van der Waals surface area contributed by atoms with E-state index in [1.54, 1.807) is 0 Å². The van der Waals surface area contributed by atoms with Crippen molar-refractivity contribution >= 4 is 11.8 Å². The summed E-state index contributed by atoms with van der Waals surface area (Å²) < 4.78 is 4.95. The molecule has 4 fully saturated rings. The molecule has 9 atom stereocenters. The Kier molecular flexibility index (Phi) is 9.45. The van der Waals surface area contributed by atoms with E-state index in [0.29, 0.717) is 30.0 Å². The summed E-state index contributed by atoms with van der Waals surface area (Å²) in [6.45, 7) is 17.3. The Morgan fingerprint density at radius 2 is 1.69 bits per heavy atom. The van der Waals surface area contributed by atoms with E-state index < -0.39 is 0 Å². The van der Waals surface area contributed by atoms with Crippen molar-refractivity contribution in [2.75, 3.05) is 7.11 Å². The van der Waals surface area contributed by atoms with Gasteiger partial charge in [-0.25, -0.2) is 0 Å². The molecular weight excluding hydrogens is 396 g/mol. The molecule has 7 unspecified atom stereocenters. The van der Waals surface area contributed by atoms with Crippen LogP contribution in [0.5, 0.6) is 0 Å². The fraction of sp³-hybridized carbons (Fsp3) is 0.931. The van der Waals surface area contributed by atoms with Crippen molar-refractivity contribution < 1.29 is 14.3 Å². The average Bonchev–Trinajstić information content (AvgIpc) is 3.17. The molecule has 0 aromatic rings. The van der Waals surface area contributed by atoms with Crippen LogP contribution in [0.4, 0.5) is 0 Å². The largest absolute Gasteiger partial charge is 0.469 e. The van der Waals surface area contributed by atoms with Gasteiger partial charge in [0.25, 0.3) is 0 Å². The number of hydrogen-bond donors (Lipinski definition) is 0. The lowest BCUT2D eigenvalue weighted by atomic mass is 9.42. The van der Waals surface area contributed by atoms with Crippen LogP contribution < -0.4 is 0 Å². The smallest absolute Gasteiger partial charge is 0.305 e. The first kappa shape index (κ1) is 27.4. The summed E-state index contributed by atoms with van der Waals surface area (Å²) in [6, 6.07) is 0. The molecule has 3 heteroatoms. The van der Waals surface area contributed by atoms with E-state index in [2.05, 4.69) is 27.7 Å². The van der Waals surface area contributed by atoms with Gasteiger partial charge in [0.2, 0.25) is 0 Å². The third-order valence-electron chi connectivity index (χ3n) is 10.4. The monoisotopic (exact) mass is 448 g/mol. The minimum atomic E-state index is -0.109. The van der Waals surface area contributed by atoms with E-state index in [1.165, 1.54) is 58.5 Å². The third kappa shape index (κ3) is 4.31. The maximum Gasteiger partial charge on any atom is 0.305 e. The molecule has 4 saturated carbocycles. The van der Waals surface area contributed by atoms with Crippen LogP contribution in [0.15, 0.2) is 0 Å². The van der Waals surface area contributed by atoms with E-state index in [0.717, 1.165) is 5.92 Å². The SMILES string of the molecule is CC.CC.COC(=O)C[C@@H](C)C1CCC2C3CCC4CCCCC4(C)C3C(=O)[C@H](C)C21C. The van der Waals surface area contributed by atoms with Crippen molar-refractivity contribution in [2.45, 2.75) is 113 Å². The first-order valence-corrected chi connectivity index (χ1v) is 13.9. The Bertz CT molecular complexity index is 642. The van der Waals surface area contributed by atoms with Gasteiger partial charge in [-0.15, -0.1) is 0 Å². The van der Waals surface area contributed by atoms with Gasteiger partial charge in [0.15, 0.2) is 0 Å². The summed E-state index contributed by atoms with van der Waals surface area (Å²) >= 11 is 0. The van der Waals surface area contributed by atoms with Crippen LogP contribution >= 0.6 is 0 Å². The van der Waals surface area contributed by atoms with Gasteiger partial charge in [-0.05, 0) is 78.9 Å². The standard InChI is InChI=1S/C25H40O3.2C2H6/c1-15(14-21(26)28-5)19-11-12-20-18-10-9-17-8-6-7-13-24(17,3)22(18)23(27)16(2)25(19,20)4;2*1-2/h15-20,22H,6-14H2,1-5H3;2*1-2H3/t15-,16+,17?,18?,19?,20?,22?,24?,25?;;/m1../s1. The molecule has 4 rings (SSSR count). The minimum absolute atomic E-state index is 0.0452. The number of methoxy groups -OCH3 is 1. The third-order valence-corrected chi connectivity index (χ3v) is 10.4. The number of carbonyl (C=O) groups is 2. The van der Waals surface area contributed by atoms with Crippen LogP contribution in [0.2, 0.25) is 0 Å². The number of ketones is 1. The van der Waals surface area contributed by atoms with Crippen molar-refractivity contribution in [1.29, 1.82) is 0 Å². The molecule has 0 aromatic carbocycles. The summed E-state index contributed by atoms with van der Waals surface area (Å²) in [5.74, 6) is 3.58. The quantitative estimate of drug-likeness (QED) is 0.415. The Labute approximate surface area is 198 Å². The number of esters is 1. The van der Waals surface area contributed by atoms with E-state index in [4.69, 9.17) is 4.74 Å². The Morgan fingerprint density at radius 1 is 1.03 bits per heavy atom. The van der Waals surface area contributed by atoms with Gasteiger partial charge in [-0.3, -0.25) is 9.59 Å². The molecule has 0 saturated heterocycles.